The number of esters is 1. The SMILES string of the molecule is CCNC(=O)[C@H](C)OC(=O)CNC(=O)C1CCCCC1. The van der Waals surface area contributed by atoms with Gasteiger partial charge < -0.3 is 15.4 Å². The van der Waals surface area contributed by atoms with Gasteiger partial charge in [-0.05, 0) is 26.7 Å². The van der Waals surface area contributed by atoms with Crippen molar-refractivity contribution < 1.29 is 19.1 Å². The van der Waals surface area contributed by atoms with Crippen LogP contribution in [0.15, 0.2) is 0 Å². The van der Waals surface area contributed by atoms with Gasteiger partial charge in [0.25, 0.3) is 5.91 Å². The Morgan fingerprint density at radius 2 is 1.80 bits per heavy atom. The molecule has 0 aromatic carbocycles. The molecule has 114 valence electrons. The Balaban J connectivity index is 2.25. The van der Waals surface area contributed by atoms with Gasteiger partial charge in [-0.3, -0.25) is 14.4 Å². The number of nitrogens with one attached hydrogen (secondary N) is 2. The highest BCUT2D eigenvalue weighted by Crippen LogP contribution is 2.23. The number of ether oxygens (including phenoxy) is 1. The van der Waals surface area contributed by atoms with E-state index in [1.807, 2.05) is 0 Å². The summed E-state index contributed by atoms with van der Waals surface area (Å²) < 4.78 is 4.94. The van der Waals surface area contributed by atoms with E-state index in [2.05, 4.69) is 10.6 Å². The molecule has 1 aliphatic carbocycles. The normalized spacial score (nSPS) is 17.1. The molecule has 0 unspecified atom stereocenters. The van der Waals surface area contributed by atoms with E-state index in [-0.39, 0.29) is 24.3 Å². The van der Waals surface area contributed by atoms with E-state index in [4.69, 9.17) is 4.74 Å². The third-order valence-corrected chi connectivity index (χ3v) is 3.41. The van der Waals surface area contributed by atoms with Crippen LogP contribution in [0.2, 0.25) is 0 Å². The molecule has 1 saturated carbocycles. The Labute approximate surface area is 119 Å². The Bertz CT molecular complexity index is 351. The van der Waals surface area contributed by atoms with Crippen molar-refractivity contribution >= 4 is 17.8 Å². The molecule has 1 rings (SSSR count). The van der Waals surface area contributed by atoms with Crippen molar-refractivity contribution in [3.63, 3.8) is 0 Å². The molecule has 1 aliphatic rings. The smallest absolute Gasteiger partial charge is 0.326 e. The molecule has 0 radical (unpaired) electrons. The van der Waals surface area contributed by atoms with E-state index in [0.717, 1.165) is 25.7 Å². The van der Waals surface area contributed by atoms with Gasteiger partial charge in [0.1, 0.15) is 6.54 Å². The zero-order valence-corrected chi connectivity index (χ0v) is 12.2. The summed E-state index contributed by atoms with van der Waals surface area (Å²) in [7, 11) is 0. The molecule has 0 saturated heterocycles. The highest BCUT2D eigenvalue weighted by Gasteiger charge is 2.22. The van der Waals surface area contributed by atoms with Gasteiger partial charge in [0.2, 0.25) is 5.91 Å². The first kappa shape index (κ1) is 16.5. The maximum absolute atomic E-state index is 11.8. The summed E-state index contributed by atoms with van der Waals surface area (Å²) in [5.74, 6) is -1.00. The van der Waals surface area contributed by atoms with Crippen molar-refractivity contribution in [1.29, 1.82) is 0 Å². The van der Waals surface area contributed by atoms with Gasteiger partial charge in [0, 0.05) is 12.5 Å². The minimum Gasteiger partial charge on any atom is -0.451 e. The summed E-state index contributed by atoms with van der Waals surface area (Å²) >= 11 is 0. The monoisotopic (exact) mass is 284 g/mol. The van der Waals surface area contributed by atoms with Crippen LogP contribution < -0.4 is 10.6 Å². The summed E-state index contributed by atoms with van der Waals surface area (Å²) in [4.78, 5) is 34.7. The highest BCUT2D eigenvalue weighted by atomic mass is 16.5. The van der Waals surface area contributed by atoms with Gasteiger partial charge >= 0.3 is 5.97 Å². The largest absolute Gasteiger partial charge is 0.451 e. The van der Waals surface area contributed by atoms with Crippen LogP contribution in [-0.2, 0) is 19.1 Å². The Morgan fingerprint density at radius 1 is 1.15 bits per heavy atom. The zero-order chi connectivity index (χ0) is 15.0. The van der Waals surface area contributed by atoms with E-state index in [0.29, 0.717) is 6.54 Å². The number of hydrogen-bond acceptors (Lipinski definition) is 4. The van der Waals surface area contributed by atoms with Gasteiger partial charge in [0.15, 0.2) is 6.10 Å². The van der Waals surface area contributed by atoms with E-state index in [1.165, 1.54) is 13.3 Å². The van der Waals surface area contributed by atoms with Crippen molar-refractivity contribution in [2.75, 3.05) is 13.1 Å². The van der Waals surface area contributed by atoms with Crippen molar-refractivity contribution in [1.82, 2.24) is 10.6 Å². The summed E-state index contributed by atoms with van der Waals surface area (Å²) in [5.41, 5.74) is 0. The summed E-state index contributed by atoms with van der Waals surface area (Å²) in [6.45, 7) is 3.60. The first-order chi connectivity index (χ1) is 9.54. The summed E-state index contributed by atoms with van der Waals surface area (Å²) in [5, 5.41) is 5.15. The lowest BCUT2D eigenvalue weighted by Crippen LogP contribution is -2.40. The molecule has 0 heterocycles. The van der Waals surface area contributed by atoms with E-state index in [9.17, 15) is 14.4 Å². The van der Waals surface area contributed by atoms with Gasteiger partial charge in [-0.2, -0.15) is 0 Å². The lowest BCUT2D eigenvalue weighted by atomic mass is 9.89. The van der Waals surface area contributed by atoms with Crippen LogP contribution >= 0.6 is 0 Å². The Kier molecular flexibility index (Phi) is 7.04. The second-order valence-electron chi connectivity index (χ2n) is 5.08. The van der Waals surface area contributed by atoms with Crippen LogP contribution in [0, 0.1) is 5.92 Å². The predicted octanol–water partition coefficient (Wildman–Crippen LogP) is 0.751. The number of likely N-dealkylation sites (N-methyl/N-ethyl adjacent to an activating group) is 1. The second-order valence-corrected chi connectivity index (χ2v) is 5.08. The average Bonchev–Trinajstić information content (AvgIpc) is 2.45. The number of hydrogen-bond donors (Lipinski definition) is 2. The molecule has 1 fully saturated rings. The van der Waals surface area contributed by atoms with Gasteiger partial charge in [0.05, 0.1) is 0 Å². The Morgan fingerprint density at radius 3 is 2.40 bits per heavy atom. The molecule has 1 atom stereocenters. The maximum atomic E-state index is 11.8. The van der Waals surface area contributed by atoms with Crippen LogP contribution in [0.3, 0.4) is 0 Å². The molecule has 0 spiro atoms. The van der Waals surface area contributed by atoms with E-state index < -0.39 is 12.1 Å². The minimum absolute atomic E-state index is 0.0114. The van der Waals surface area contributed by atoms with Gasteiger partial charge in [-0.25, -0.2) is 0 Å². The van der Waals surface area contributed by atoms with Crippen LogP contribution in [0.1, 0.15) is 46.0 Å². The standard InChI is InChI=1S/C14H24N2O4/c1-3-15-13(18)10(2)20-12(17)9-16-14(19)11-7-5-4-6-8-11/h10-11H,3-9H2,1-2H3,(H,15,18)(H,16,19)/t10-/m0/s1. The molecular weight excluding hydrogens is 260 g/mol. The van der Waals surface area contributed by atoms with Crippen molar-refractivity contribution in [2.24, 2.45) is 5.92 Å². The molecule has 6 nitrogen and oxygen atoms in total. The Hall–Kier alpha value is -1.59. The van der Waals surface area contributed by atoms with Crippen LogP contribution in [0.5, 0.6) is 0 Å². The first-order valence-electron chi connectivity index (χ1n) is 7.29. The molecule has 2 N–H and O–H groups in total. The topological polar surface area (TPSA) is 84.5 Å². The fraction of sp³-hybridized carbons (Fsp3) is 0.786. The van der Waals surface area contributed by atoms with Crippen LogP contribution in [-0.4, -0.2) is 37.0 Å². The molecule has 6 heteroatoms. The first-order valence-corrected chi connectivity index (χ1v) is 7.29. The molecule has 0 aliphatic heterocycles. The molecule has 0 aromatic rings. The minimum atomic E-state index is -0.839. The third kappa shape index (κ3) is 5.59. The predicted molar refractivity (Wildman–Crippen MR) is 73.8 cm³/mol. The average molecular weight is 284 g/mol. The molecular formula is C14H24N2O4. The number of amides is 2. The highest BCUT2D eigenvalue weighted by molar-refractivity contribution is 5.86. The van der Waals surface area contributed by atoms with Gasteiger partial charge in [-0.15, -0.1) is 0 Å². The number of carbonyl (C=O) groups is 3. The van der Waals surface area contributed by atoms with Crippen LogP contribution in [0.25, 0.3) is 0 Å². The fourth-order valence-corrected chi connectivity index (χ4v) is 2.28. The zero-order valence-electron chi connectivity index (χ0n) is 12.2. The fourth-order valence-electron chi connectivity index (χ4n) is 2.28. The lowest BCUT2D eigenvalue weighted by Gasteiger charge is -2.20. The molecule has 2 amide bonds. The van der Waals surface area contributed by atoms with Crippen LogP contribution in [0.4, 0.5) is 0 Å². The van der Waals surface area contributed by atoms with Crippen molar-refractivity contribution in [2.45, 2.75) is 52.1 Å². The summed E-state index contributed by atoms with van der Waals surface area (Å²) in [6.07, 6.45) is 4.24. The van der Waals surface area contributed by atoms with Crippen molar-refractivity contribution in [3.05, 3.63) is 0 Å². The van der Waals surface area contributed by atoms with Crippen molar-refractivity contribution in [3.8, 4) is 0 Å². The van der Waals surface area contributed by atoms with Gasteiger partial charge in [-0.1, -0.05) is 19.3 Å². The maximum Gasteiger partial charge on any atom is 0.326 e. The molecule has 20 heavy (non-hydrogen) atoms. The molecule has 0 aromatic heterocycles. The third-order valence-electron chi connectivity index (χ3n) is 3.41. The number of carbonyl (C=O) groups excluding carboxylic acids is 3. The number of rotatable bonds is 6. The second kappa shape index (κ2) is 8.55. The van der Waals surface area contributed by atoms with E-state index >= 15 is 0 Å². The molecule has 0 bridgehead atoms. The summed E-state index contributed by atoms with van der Waals surface area (Å²) in [6, 6.07) is 0. The quantitative estimate of drug-likeness (QED) is 0.705. The van der Waals surface area contributed by atoms with E-state index in [1.54, 1.807) is 6.92 Å². The lowest BCUT2D eigenvalue weighted by molar-refractivity contribution is -0.154.